The molecule has 1 unspecified atom stereocenters. The minimum atomic E-state index is -0.634. The van der Waals surface area contributed by atoms with Gasteiger partial charge in [-0.3, -0.25) is 0 Å². The zero-order valence-corrected chi connectivity index (χ0v) is 10.8. The molecule has 3 nitrogen and oxygen atoms in total. The van der Waals surface area contributed by atoms with Gasteiger partial charge < -0.3 is 14.6 Å². The van der Waals surface area contributed by atoms with Crippen LogP contribution in [0.4, 0.5) is 0 Å². The molecule has 0 aromatic heterocycles. The molecule has 0 fully saturated rings. The van der Waals surface area contributed by atoms with E-state index < -0.39 is 6.10 Å². The van der Waals surface area contributed by atoms with E-state index in [4.69, 9.17) is 9.47 Å². The average molecular weight is 238 g/mol. The van der Waals surface area contributed by atoms with Crippen molar-refractivity contribution in [2.45, 2.75) is 39.4 Å². The van der Waals surface area contributed by atoms with Crippen molar-refractivity contribution >= 4 is 0 Å². The second kappa shape index (κ2) is 7.30. The molecule has 0 bridgehead atoms. The molecule has 0 aliphatic rings. The quantitative estimate of drug-likeness (QED) is 0.793. The normalized spacial score (nSPS) is 12.8. The SMILES string of the molecule is CCCOc1ccccc1C(O)COC(C)C. The topological polar surface area (TPSA) is 38.7 Å². The first kappa shape index (κ1) is 14.0. The number of ether oxygens (including phenoxy) is 2. The van der Waals surface area contributed by atoms with Gasteiger partial charge in [-0.05, 0) is 26.3 Å². The summed E-state index contributed by atoms with van der Waals surface area (Å²) in [5.41, 5.74) is 0.793. The predicted molar refractivity (Wildman–Crippen MR) is 68.3 cm³/mol. The molecule has 0 amide bonds. The van der Waals surface area contributed by atoms with Crippen LogP contribution in [0.15, 0.2) is 24.3 Å². The van der Waals surface area contributed by atoms with Crippen LogP contribution in [0.5, 0.6) is 5.75 Å². The molecular weight excluding hydrogens is 216 g/mol. The molecule has 17 heavy (non-hydrogen) atoms. The summed E-state index contributed by atoms with van der Waals surface area (Å²) < 4.78 is 11.0. The van der Waals surface area contributed by atoms with Gasteiger partial charge in [0.05, 0.1) is 19.3 Å². The number of benzene rings is 1. The van der Waals surface area contributed by atoms with Gasteiger partial charge >= 0.3 is 0 Å². The monoisotopic (exact) mass is 238 g/mol. The highest BCUT2D eigenvalue weighted by molar-refractivity contribution is 5.35. The molecule has 0 heterocycles. The van der Waals surface area contributed by atoms with Gasteiger partial charge in [-0.25, -0.2) is 0 Å². The van der Waals surface area contributed by atoms with E-state index in [-0.39, 0.29) is 6.10 Å². The third-order valence-corrected chi connectivity index (χ3v) is 2.33. The van der Waals surface area contributed by atoms with Crippen molar-refractivity contribution in [3.05, 3.63) is 29.8 Å². The first-order valence-electron chi connectivity index (χ1n) is 6.16. The molecule has 0 saturated carbocycles. The first-order valence-corrected chi connectivity index (χ1v) is 6.16. The summed E-state index contributed by atoms with van der Waals surface area (Å²) in [7, 11) is 0. The molecule has 0 saturated heterocycles. The smallest absolute Gasteiger partial charge is 0.125 e. The Labute approximate surface area is 103 Å². The van der Waals surface area contributed by atoms with Gasteiger partial charge in [0.1, 0.15) is 11.9 Å². The van der Waals surface area contributed by atoms with Crippen molar-refractivity contribution in [1.29, 1.82) is 0 Å². The summed E-state index contributed by atoms with van der Waals surface area (Å²) in [6, 6.07) is 7.56. The lowest BCUT2D eigenvalue weighted by Crippen LogP contribution is -2.13. The van der Waals surface area contributed by atoms with E-state index in [2.05, 4.69) is 6.92 Å². The van der Waals surface area contributed by atoms with Gasteiger partial charge in [-0.1, -0.05) is 25.1 Å². The number of rotatable bonds is 7. The lowest BCUT2D eigenvalue weighted by atomic mass is 10.1. The minimum Gasteiger partial charge on any atom is -0.493 e. The molecule has 1 aromatic carbocycles. The molecule has 0 spiro atoms. The maximum absolute atomic E-state index is 10.0. The Morgan fingerprint density at radius 2 is 1.94 bits per heavy atom. The number of aliphatic hydroxyl groups is 1. The van der Waals surface area contributed by atoms with Crippen LogP contribution in [-0.2, 0) is 4.74 Å². The summed E-state index contributed by atoms with van der Waals surface area (Å²) in [4.78, 5) is 0. The highest BCUT2D eigenvalue weighted by Crippen LogP contribution is 2.25. The molecule has 1 aromatic rings. The maximum atomic E-state index is 10.0. The summed E-state index contributed by atoms with van der Waals surface area (Å²) >= 11 is 0. The van der Waals surface area contributed by atoms with Crippen molar-refractivity contribution in [3.63, 3.8) is 0 Å². The van der Waals surface area contributed by atoms with Gasteiger partial charge in [0.2, 0.25) is 0 Å². The Kier molecular flexibility index (Phi) is 6.01. The number of para-hydroxylation sites is 1. The molecule has 1 N–H and O–H groups in total. The predicted octanol–water partition coefficient (Wildman–Crippen LogP) is 2.93. The van der Waals surface area contributed by atoms with Crippen LogP contribution in [0.3, 0.4) is 0 Å². The Morgan fingerprint density at radius 3 is 2.59 bits per heavy atom. The summed E-state index contributed by atoms with van der Waals surface area (Å²) in [5, 5.41) is 10.0. The van der Waals surface area contributed by atoms with Crippen LogP contribution in [0.2, 0.25) is 0 Å². The average Bonchev–Trinajstić information content (AvgIpc) is 2.33. The fraction of sp³-hybridized carbons (Fsp3) is 0.571. The second-order valence-corrected chi connectivity index (χ2v) is 4.28. The third kappa shape index (κ3) is 4.75. The van der Waals surface area contributed by atoms with Crippen molar-refractivity contribution in [1.82, 2.24) is 0 Å². The largest absolute Gasteiger partial charge is 0.493 e. The standard InChI is InChI=1S/C14H22O3/c1-4-9-16-14-8-6-5-7-12(14)13(15)10-17-11(2)3/h5-8,11,13,15H,4,9-10H2,1-3H3. The van der Waals surface area contributed by atoms with E-state index >= 15 is 0 Å². The third-order valence-electron chi connectivity index (χ3n) is 2.33. The molecular formula is C14H22O3. The van der Waals surface area contributed by atoms with Crippen molar-refractivity contribution in [2.24, 2.45) is 0 Å². The molecule has 3 heteroatoms. The van der Waals surface area contributed by atoms with Crippen LogP contribution in [-0.4, -0.2) is 24.4 Å². The number of hydrogen-bond acceptors (Lipinski definition) is 3. The van der Waals surface area contributed by atoms with E-state index in [9.17, 15) is 5.11 Å². The summed E-state index contributed by atoms with van der Waals surface area (Å²) in [6.45, 7) is 6.91. The van der Waals surface area contributed by atoms with Gasteiger partial charge in [0, 0.05) is 5.56 Å². The van der Waals surface area contributed by atoms with Gasteiger partial charge in [0.15, 0.2) is 0 Å². The second-order valence-electron chi connectivity index (χ2n) is 4.28. The number of hydrogen-bond donors (Lipinski definition) is 1. The first-order chi connectivity index (χ1) is 8.15. The number of aliphatic hydroxyl groups excluding tert-OH is 1. The lowest BCUT2D eigenvalue weighted by Gasteiger charge is -2.17. The highest BCUT2D eigenvalue weighted by atomic mass is 16.5. The van der Waals surface area contributed by atoms with Crippen LogP contribution >= 0.6 is 0 Å². The van der Waals surface area contributed by atoms with E-state index in [1.54, 1.807) is 0 Å². The molecule has 96 valence electrons. The lowest BCUT2D eigenvalue weighted by molar-refractivity contribution is 0.00388. The van der Waals surface area contributed by atoms with Crippen LogP contribution < -0.4 is 4.74 Å². The van der Waals surface area contributed by atoms with Crippen LogP contribution in [0.1, 0.15) is 38.9 Å². The van der Waals surface area contributed by atoms with E-state index in [1.807, 2.05) is 38.1 Å². The summed E-state index contributed by atoms with van der Waals surface area (Å²) in [5.74, 6) is 0.745. The Morgan fingerprint density at radius 1 is 1.24 bits per heavy atom. The van der Waals surface area contributed by atoms with Gasteiger partial charge in [-0.2, -0.15) is 0 Å². The highest BCUT2D eigenvalue weighted by Gasteiger charge is 2.13. The van der Waals surface area contributed by atoms with Crippen molar-refractivity contribution < 1.29 is 14.6 Å². The molecule has 0 radical (unpaired) electrons. The Balaban J connectivity index is 2.67. The Bertz CT molecular complexity index is 323. The van der Waals surface area contributed by atoms with Gasteiger partial charge in [0.25, 0.3) is 0 Å². The zero-order chi connectivity index (χ0) is 12.7. The zero-order valence-electron chi connectivity index (χ0n) is 10.8. The molecule has 1 atom stereocenters. The summed E-state index contributed by atoms with van der Waals surface area (Å²) in [6.07, 6.45) is 0.436. The molecule has 0 aliphatic heterocycles. The molecule has 0 aliphatic carbocycles. The molecule has 1 rings (SSSR count). The van der Waals surface area contributed by atoms with E-state index in [0.29, 0.717) is 13.2 Å². The fourth-order valence-electron chi connectivity index (χ4n) is 1.47. The van der Waals surface area contributed by atoms with Gasteiger partial charge in [-0.15, -0.1) is 0 Å². The maximum Gasteiger partial charge on any atom is 0.125 e. The van der Waals surface area contributed by atoms with Crippen LogP contribution in [0, 0.1) is 0 Å². The minimum absolute atomic E-state index is 0.119. The van der Waals surface area contributed by atoms with E-state index in [0.717, 1.165) is 17.7 Å². The van der Waals surface area contributed by atoms with Crippen molar-refractivity contribution in [3.8, 4) is 5.75 Å². The van der Waals surface area contributed by atoms with Crippen molar-refractivity contribution in [2.75, 3.05) is 13.2 Å². The van der Waals surface area contributed by atoms with E-state index in [1.165, 1.54) is 0 Å². The fourth-order valence-corrected chi connectivity index (χ4v) is 1.47. The van der Waals surface area contributed by atoms with Crippen LogP contribution in [0.25, 0.3) is 0 Å². The Hall–Kier alpha value is -1.06.